The highest BCUT2D eigenvalue weighted by atomic mass is 35.5. The molecule has 0 amide bonds. The quantitative estimate of drug-likeness (QED) is 0.889. The van der Waals surface area contributed by atoms with E-state index < -0.39 is 0 Å². The van der Waals surface area contributed by atoms with Gasteiger partial charge in [0.15, 0.2) is 0 Å². The number of halogens is 1. The van der Waals surface area contributed by atoms with Gasteiger partial charge in [-0.25, -0.2) is 4.98 Å². The minimum Gasteiger partial charge on any atom is -0.380 e. The molecule has 2 N–H and O–H groups in total. The molecule has 0 saturated carbocycles. The second-order valence-electron chi connectivity index (χ2n) is 5.43. The third-order valence-electron chi connectivity index (χ3n) is 4.05. The first kappa shape index (κ1) is 12.9. The summed E-state index contributed by atoms with van der Waals surface area (Å²) in [6.45, 7) is 5.00. The maximum Gasteiger partial charge on any atom is 0.127 e. The summed E-state index contributed by atoms with van der Waals surface area (Å²) >= 11 is 6.15. The smallest absolute Gasteiger partial charge is 0.127 e. The SMILES string of the molecule is CO[C@H]1CNC(C)(c2nc3c(C)c(Cl)ccc3[nH]2)C1. The lowest BCUT2D eigenvalue weighted by molar-refractivity contribution is 0.112. The molecule has 0 aliphatic carbocycles. The fourth-order valence-electron chi connectivity index (χ4n) is 2.73. The van der Waals surface area contributed by atoms with E-state index >= 15 is 0 Å². The average Bonchev–Trinajstić information content (AvgIpc) is 2.99. The van der Waals surface area contributed by atoms with Gasteiger partial charge in [-0.1, -0.05) is 11.6 Å². The van der Waals surface area contributed by atoms with Crippen LogP contribution < -0.4 is 5.32 Å². The third kappa shape index (κ3) is 2.04. The summed E-state index contributed by atoms with van der Waals surface area (Å²) < 4.78 is 5.42. The normalized spacial score (nSPS) is 27.3. The van der Waals surface area contributed by atoms with Crippen molar-refractivity contribution < 1.29 is 4.74 Å². The molecule has 1 saturated heterocycles. The van der Waals surface area contributed by atoms with Crippen LogP contribution in [0.3, 0.4) is 0 Å². The van der Waals surface area contributed by atoms with Gasteiger partial charge in [0.05, 0.1) is 22.7 Å². The fourth-order valence-corrected chi connectivity index (χ4v) is 2.89. The number of nitrogens with zero attached hydrogens (tertiary/aromatic N) is 1. The maximum absolute atomic E-state index is 6.15. The van der Waals surface area contributed by atoms with Gasteiger partial charge in [-0.2, -0.15) is 0 Å². The highest BCUT2D eigenvalue weighted by molar-refractivity contribution is 6.32. The molecule has 1 unspecified atom stereocenters. The molecule has 0 spiro atoms. The van der Waals surface area contributed by atoms with Crippen molar-refractivity contribution in [3.63, 3.8) is 0 Å². The monoisotopic (exact) mass is 279 g/mol. The number of H-pyrrole nitrogens is 1. The molecule has 0 bridgehead atoms. The second kappa shape index (κ2) is 4.47. The van der Waals surface area contributed by atoms with Gasteiger partial charge < -0.3 is 15.0 Å². The molecule has 1 fully saturated rings. The Hall–Kier alpha value is -1.10. The van der Waals surface area contributed by atoms with E-state index in [1.54, 1.807) is 7.11 Å². The number of methoxy groups -OCH3 is 1. The Morgan fingerprint density at radius 1 is 1.47 bits per heavy atom. The lowest BCUT2D eigenvalue weighted by Gasteiger charge is -2.21. The lowest BCUT2D eigenvalue weighted by atomic mass is 9.99. The number of aromatic nitrogens is 2. The van der Waals surface area contributed by atoms with E-state index in [2.05, 4.69) is 17.2 Å². The summed E-state index contributed by atoms with van der Waals surface area (Å²) in [6, 6.07) is 3.89. The highest BCUT2D eigenvalue weighted by Gasteiger charge is 2.38. The Bertz CT molecular complexity index is 624. The summed E-state index contributed by atoms with van der Waals surface area (Å²) in [5, 5.41) is 4.25. The molecule has 4 nitrogen and oxygen atoms in total. The molecule has 1 aliphatic rings. The number of ether oxygens (including phenoxy) is 1. The van der Waals surface area contributed by atoms with E-state index in [1.165, 1.54) is 0 Å². The Morgan fingerprint density at radius 2 is 2.26 bits per heavy atom. The number of hydrogen-bond acceptors (Lipinski definition) is 3. The number of aromatic amines is 1. The van der Waals surface area contributed by atoms with E-state index in [4.69, 9.17) is 21.3 Å². The minimum absolute atomic E-state index is 0.168. The van der Waals surface area contributed by atoms with Crippen LogP contribution in [0.1, 0.15) is 24.7 Å². The van der Waals surface area contributed by atoms with Crippen LogP contribution in [-0.4, -0.2) is 29.7 Å². The van der Waals surface area contributed by atoms with Crippen molar-refractivity contribution in [1.29, 1.82) is 0 Å². The summed E-state index contributed by atoms with van der Waals surface area (Å²) in [5.74, 6) is 0.951. The van der Waals surface area contributed by atoms with Crippen LogP contribution in [0.4, 0.5) is 0 Å². The van der Waals surface area contributed by atoms with Crippen molar-refractivity contribution in [2.45, 2.75) is 31.9 Å². The van der Waals surface area contributed by atoms with E-state index in [-0.39, 0.29) is 11.6 Å². The Balaban J connectivity index is 2.04. The number of aryl methyl sites for hydroxylation is 1. The first-order valence-electron chi connectivity index (χ1n) is 6.46. The molecule has 2 aromatic rings. The molecule has 19 heavy (non-hydrogen) atoms. The highest BCUT2D eigenvalue weighted by Crippen LogP contribution is 2.32. The van der Waals surface area contributed by atoms with Gasteiger partial charge in [0, 0.05) is 18.7 Å². The van der Waals surface area contributed by atoms with Gasteiger partial charge in [0.25, 0.3) is 0 Å². The largest absolute Gasteiger partial charge is 0.380 e. The van der Waals surface area contributed by atoms with Crippen molar-refractivity contribution in [2.75, 3.05) is 13.7 Å². The van der Waals surface area contributed by atoms with E-state index in [0.29, 0.717) is 0 Å². The van der Waals surface area contributed by atoms with Crippen molar-refractivity contribution in [3.05, 3.63) is 28.5 Å². The van der Waals surface area contributed by atoms with Crippen molar-refractivity contribution >= 4 is 22.6 Å². The van der Waals surface area contributed by atoms with Gasteiger partial charge >= 0.3 is 0 Å². The number of hydrogen-bond donors (Lipinski definition) is 2. The number of rotatable bonds is 2. The zero-order valence-corrected chi connectivity index (χ0v) is 12.1. The maximum atomic E-state index is 6.15. The molecule has 2 heterocycles. The lowest BCUT2D eigenvalue weighted by Crippen LogP contribution is -2.34. The Morgan fingerprint density at radius 3 is 2.95 bits per heavy atom. The molecule has 102 valence electrons. The minimum atomic E-state index is -0.168. The van der Waals surface area contributed by atoms with Gasteiger partial charge in [0.1, 0.15) is 5.82 Å². The van der Waals surface area contributed by atoms with Gasteiger partial charge in [0.2, 0.25) is 0 Å². The van der Waals surface area contributed by atoms with Crippen LogP contribution in [0.2, 0.25) is 5.02 Å². The van der Waals surface area contributed by atoms with Gasteiger partial charge in [-0.15, -0.1) is 0 Å². The molecule has 5 heteroatoms. The predicted molar refractivity (Wildman–Crippen MR) is 76.6 cm³/mol. The molecule has 1 aliphatic heterocycles. The molecule has 3 rings (SSSR count). The fraction of sp³-hybridized carbons (Fsp3) is 0.500. The number of fused-ring (bicyclic) bond motifs is 1. The first-order valence-corrected chi connectivity index (χ1v) is 6.84. The standard InChI is InChI=1S/C14H18ClN3O/c1-8-10(15)4-5-11-12(8)18-13(17-11)14(2)6-9(19-3)7-16-14/h4-5,9,16H,6-7H2,1-3H3,(H,17,18)/t9-,14?/m1/s1. The zero-order chi connectivity index (χ0) is 13.6. The van der Waals surface area contributed by atoms with E-state index in [0.717, 1.165) is 40.4 Å². The van der Waals surface area contributed by atoms with Crippen molar-refractivity contribution in [3.8, 4) is 0 Å². The van der Waals surface area contributed by atoms with Crippen molar-refractivity contribution in [2.24, 2.45) is 0 Å². The second-order valence-corrected chi connectivity index (χ2v) is 5.84. The van der Waals surface area contributed by atoms with Crippen LogP contribution in [0, 0.1) is 6.92 Å². The summed E-state index contributed by atoms with van der Waals surface area (Å²) in [4.78, 5) is 8.14. The van der Waals surface area contributed by atoms with Gasteiger partial charge in [-0.3, -0.25) is 0 Å². The van der Waals surface area contributed by atoms with E-state index in [9.17, 15) is 0 Å². The van der Waals surface area contributed by atoms with E-state index in [1.807, 2.05) is 19.1 Å². The van der Waals surface area contributed by atoms with Crippen LogP contribution in [-0.2, 0) is 10.3 Å². The van der Waals surface area contributed by atoms with Crippen molar-refractivity contribution in [1.82, 2.24) is 15.3 Å². The number of benzene rings is 1. The molecule has 2 atom stereocenters. The predicted octanol–water partition coefficient (Wildman–Crippen LogP) is 2.75. The number of imidazole rings is 1. The van der Waals surface area contributed by atoms with Gasteiger partial charge in [-0.05, 0) is 38.0 Å². The molecule has 1 aromatic carbocycles. The molecular formula is C14H18ClN3O. The van der Waals surface area contributed by atoms with Crippen LogP contribution in [0.15, 0.2) is 12.1 Å². The summed E-state index contributed by atoms with van der Waals surface area (Å²) in [6.07, 6.45) is 1.15. The number of nitrogens with one attached hydrogen (secondary N) is 2. The third-order valence-corrected chi connectivity index (χ3v) is 4.46. The topological polar surface area (TPSA) is 49.9 Å². The summed E-state index contributed by atoms with van der Waals surface area (Å²) in [5.41, 5.74) is 2.83. The average molecular weight is 280 g/mol. The Kier molecular flexibility index (Phi) is 3.04. The molecule has 0 radical (unpaired) electrons. The summed E-state index contributed by atoms with van der Waals surface area (Å²) in [7, 11) is 1.75. The Labute approximate surface area is 117 Å². The van der Waals surface area contributed by atoms with Crippen LogP contribution in [0.5, 0.6) is 0 Å². The first-order chi connectivity index (χ1) is 9.03. The molecular weight excluding hydrogens is 262 g/mol. The van der Waals surface area contributed by atoms with Crippen LogP contribution >= 0.6 is 11.6 Å². The molecule has 1 aromatic heterocycles. The zero-order valence-electron chi connectivity index (χ0n) is 11.4. The van der Waals surface area contributed by atoms with Crippen LogP contribution in [0.25, 0.3) is 11.0 Å².